The third-order valence-electron chi connectivity index (χ3n) is 6.83. The summed E-state index contributed by atoms with van der Waals surface area (Å²) in [5.74, 6) is -2.00. The maximum Gasteiger partial charge on any atom is 0.327 e. The van der Waals surface area contributed by atoms with Crippen LogP contribution < -0.4 is 4.90 Å². The van der Waals surface area contributed by atoms with E-state index >= 15 is 4.39 Å². The molecule has 0 bridgehead atoms. The van der Waals surface area contributed by atoms with Crippen molar-refractivity contribution in [2.45, 2.75) is 26.6 Å². The van der Waals surface area contributed by atoms with Crippen molar-refractivity contribution in [3.05, 3.63) is 139 Å². The van der Waals surface area contributed by atoms with E-state index in [1.807, 2.05) is 12.1 Å². The summed E-state index contributed by atoms with van der Waals surface area (Å²) in [5.41, 5.74) is 2.01. The predicted octanol–water partition coefficient (Wildman–Crippen LogP) is 5.69. The monoisotopic (exact) mass is 561 g/mol. The van der Waals surface area contributed by atoms with Crippen molar-refractivity contribution in [3.63, 3.8) is 0 Å². The number of carbonyl (C=O) groups excluding carboxylic acids is 1. The summed E-state index contributed by atoms with van der Waals surface area (Å²) in [6.07, 6.45) is 0.993. The van der Waals surface area contributed by atoms with E-state index in [0.29, 0.717) is 17.8 Å². The molecule has 0 spiro atoms. The minimum Gasteiger partial charge on any atom is -0.304 e. The number of alkyl halides is 1. The molecule has 9 heteroatoms. The number of amides is 1. The lowest BCUT2D eigenvalue weighted by Crippen LogP contribution is -2.47. The van der Waals surface area contributed by atoms with Crippen LogP contribution >= 0.6 is 0 Å². The summed E-state index contributed by atoms with van der Waals surface area (Å²) in [4.78, 5) is 13.5. The van der Waals surface area contributed by atoms with Gasteiger partial charge < -0.3 is 4.90 Å². The van der Waals surface area contributed by atoms with Crippen LogP contribution in [0.15, 0.2) is 132 Å². The average molecular weight is 562 g/mol. The molecule has 0 aromatic heterocycles. The van der Waals surface area contributed by atoms with Gasteiger partial charge in [-0.1, -0.05) is 72.8 Å². The Kier molecular flexibility index (Phi) is 6.74. The van der Waals surface area contributed by atoms with Crippen molar-refractivity contribution >= 4 is 31.3 Å². The molecule has 1 amide bonds. The van der Waals surface area contributed by atoms with Gasteiger partial charge in [0.25, 0.3) is 5.91 Å². The smallest absolute Gasteiger partial charge is 0.304 e. The first-order chi connectivity index (χ1) is 18.6. The van der Waals surface area contributed by atoms with Gasteiger partial charge in [0.1, 0.15) is 0 Å². The number of anilines is 1. The van der Waals surface area contributed by atoms with E-state index < -0.39 is 39.7 Å². The first-order valence-electron chi connectivity index (χ1n) is 12.0. The molecular weight excluding hydrogens is 537 g/mol. The van der Waals surface area contributed by atoms with Crippen molar-refractivity contribution in [2.24, 2.45) is 0 Å². The number of halogens is 1. The fourth-order valence-corrected chi connectivity index (χ4v) is 9.34. The SMILES string of the molecule is C=C[C@@H](c1ccc(N2Cc3ccccc3C2=O)cc1)C(F)(S(=O)(=O)c1ccccc1)S(=O)(=O)c1ccccc1. The fraction of sp³-hybridized carbons (Fsp3) is 0.100. The van der Waals surface area contributed by atoms with Gasteiger partial charge in [-0.25, -0.2) is 21.2 Å². The van der Waals surface area contributed by atoms with E-state index in [2.05, 4.69) is 6.58 Å². The summed E-state index contributed by atoms with van der Waals surface area (Å²) < 4.78 is 68.9. The average Bonchev–Trinajstić information content (AvgIpc) is 3.30. The molecule has 1 atom stereocenters. The maximum atomic E-state index is 17.4. The van der Waals surface area contributed by atoms with Crippen molar-refractivity contribution < 1.29 is 26.0 Å². The number of fused-ring (bicyclic) bond motifs is 1. The van der Waals surface area contributed by atoms with Crippen LogP contribution in [0.1, 0.15) is 27.4 Å². The molecule has 4 aromatic carbocycles. The Balaban J connectivity index is 1.62. The molecule has 1 aliphatic heterocycles. The molecule has 0 radical (unpaired) electrons. The zero-order valence-corrected chi connectivity index (χ0v) is 22.3. The van der Waals surface area contributed by atoms with Crippen LogP contribution in [-0.4, -0.2) is 27.1 Å². The van der Waals surface area contributed by atoms with Crippen LogP contribution in [0, 0.1) is 0 Å². The Labute approximate surface area is 226 Å². The number of benzene rings is 4. The number of hydrogen-bond donors (Lipinski definition) is 0. The van der Waals surface area contributed by atoms with Crippen LogP contribution in [-0.2, 0) is 26.2 Å². The fourth-order valence-electron chi connectivity index (χ4n) is 4.80. The minimum atomic E-state index is -5.13. The first-order valence-corrected chi connectivity index (χ1v) is 15.0. The molecule has 0 saturated heterocycles. The molecule has 4 aromatic rings. The van der Waals surface area contributed by atoms with E-state index in [9.17, 15) is 21.6 Å². The van der Waals surface area contributed by atoms with Gasteiger partial charge in [-0.15, -0.1) is 6.58 Å². The number of hydrogen-bond acceptors (Lipinski definition) is 5. The molecule has 0 aliphatic carbocycles. The summed E-state index contributed by atoms with van der Waals surface area (Å²) in [7, 11) is -10.3. The van der Waals surface area contributed by atoms with Crippen LogP contribution in [0.4, 0.5) is 10.1 Å². The quantitative estimate of drug-likeness (QED) is 0.258. The first kappa shape index (κ1) is 26.5. The number of carbonyl (C=O) groups is 1. The molecule has 1 heterocycles. The molecule has 0 saturated carbocycles. The van der Waals surface area contributed by atoms with Crippen molar-refractivity contribution in [3.8, 4) is 0 Å². The molecular formula is C30H24FNO5S2. The lowest BCUT2D eigenvalue weighted by Gasteiger charge is -2.32. The van der Waals surface area contributed by atoms with Gasteiger partial charge in [-0.2, -0.15) is 0 Å². The summed E-state index contributed by atoms with van der Waals surface area (Å²) in [5, 5.41) is 0. The van der Waals surface area contributed by atoms with Crippen molar-refractivity contribution in [1.29, 1.82) is 0 Å². The Morgan fingerprint density at radius 3 is 1.72 bits per heavy atom. The Hall–Kier alpha value is -4.08. The van der Waals surface area contributed by atoms with Gasteiger partial charge in [0.15, 0.2) is 0 Å². The van der Waals surface area contributed by atoms with Crippen LogP contribution in [0.3, 0.4) is 0 Å². The minimum absolute atomic E-state index is 0.0689. The molecule has 198 valence electrons. The largest absolute Gasteiger partial charge is 0.327 e. The molecule has 1 aliphatic rings. The van der Waals surface area contributed by atoms with E-state index in [4.69, 9.17) is 0 Å². The van der Waals surface area contributed by atoms with Gasteiger partial charge in [0.2, 0.25) is 19.7 Å². The van der Waals surface area contributed by atoms with Gasteiger partial charge in [0, 0.05) is 11.3 Å². The lowest BCUT2D eigenvalue weighted by molar-refractivity contribution is 0.0996. The summed E-state index contributed by atoms with van der Waals surface area (Å²) in [6, 6.07) is 26.4. The lowest BCUT2D eigenvalue weighted by atomic mass is 9.99. The maximum absolute atomic E-state index is 17.4. The van der Waals surface area contributed by atoms with E-state index in [1.165, 1.54) is 36.4 Å². The van der Waals surface area contributed by atoms with Gasteiger partial charge >= 0.3 is 4.33 Å². The van der Waals surface area contributed by atoms with Gasteiger partial charge in [0.05, 0.1) is 22.3 Å². The molecule has 6 nitrogen and oxygen atoms in total. The van der Waals surface area contributed by atoms with E-state index in [-0.39, 0.29) is 11.5 Å². The number of rotatable bonds is 8. The van der Waals surface area contributed by atoms with Gasteiger partial charge in [-0.3, -0.25) is 4.79 Å². The highest BCUT2D eigenvalue weighted by Crippen LogP contribution is 2.48. The van der Waals surface area contributed by atoms with Crippen LogP contribution in [0.2, 0.25) is 0 Å². The van der Waals surface area contributed by atoms with E-state index in [0.717, 1.165) is 35.9 Å². The molecule has 0 fully saturated rings. The highest BCUT2D eigenvalue weighted by atomic mass is 32.3. The zero-order valence-electron chi connectivity index (χ0n) is 20.6. The molecule has 0 N–H and O–H groups in total. The third kappa shape index (κ3) is 4.18. The van der Waals surface area contributed by atoms with Crippen molar-refractivity contribution in [2.75, 3.05) is 4.90 Å². The predicted molar refractivity (Wildman–Crippen MR) is 147 cm³/mol. The Morgan fingerprint density at radius 2 is 1.23 bits per heavy atom. The Bertz CT molecular complexity index is 1690. The summed E-state index contributed by atoms with van der Waals surface area (Å²) in [6.45, 7) is 3.97. The zero-order chi connectivity index (χ0) is 27.8. The van der Waals surface area contributed by atoms with Gasteiger partial charge in [-0.05, 0) is 53.6 Å². The van der Waals surface area contributed by atoms with Crippen LogP contribution in [0.5, 0.6) is 0 Å². The highest BCUT2D eigenvalue weighted by molar-refractivity contribution is 8.10. The Morgan fingerprint density at radius 1 is 0.744 bits per heavy atom. The second-order valence-electron chi connectivity index (χ2n) is 9.07. The summed E-state index contributed by atoms with van der Waals surface area (Å²) >= 11 is 0. The topological polar surface area (TPSA) is 88.6 Å². The number of allylic oxidation sites excluding steroid dienone is 1. The second kappa shape index (κ2) is 9.91. The third-order valence-corrected chi connectivity index (χ3v) is 11.9. The second-order valence-corrected chi connectivity index (χ2v) is 13.5. The molecule has 39 heavy (non-hydrogen) atoms. The normalized spacial score (nSPS) is 14.6. The van der Waals surface area contributed by atoms with Crippen molar-refractivity contribution in [1.82, 2.24) is 0 Å². The number of nitrogens with zero attached hydrogens (tertiary/aromatic N) is 1. The standard InChI is InChI=1S/C30H24FNO5S2/c1-2-28(22-17-19-24(20-18-22)32-21-23-11-9-10-16-27(23)29(32)33)30(31,38(34,35)25-12-5-3-6-13-25)39(36,37)26-14-7-4-8-15-26/h2-20,28H,1,21H2/t28-/m0/s1. The number of sulfone groups is 2. The van der Waals surface area contributed by atoms with E-state index in [1.54, 1.807) is 41.3 Å². The molecule has 0 unspecified atom stereocenters. The highest BCUT2D eigenvalue weighted by Gasteiger charge is 2.62. The molecule has 5 rings (SSSR count). The van der Waals surface area contributed by atoms with Crippen LogP contribution in [0.25, 0.3) is 0 Å².